The predicted molar refractivity (Wildman–Crippen MR) is 190 cm³/mol. The molecule has 0 unspecified atom stereocenters. The van der Waals surface area contributed by atoms with E-state index in [4.69, 9.17) is 31.4 Å². The van der Waals surface area contributed by atoms with Crippen molar-refractivity contribution in [1.29, 1.82) is 0 Å². The molecule has 1 saturated heterocycles. The minimum atomic E-state index is -5.08. The number of hydrogen-bond donors (Lipinski definition) is 6. The summed E-state index contributed by atoms with van der Waals surface area (Å²) in [6.07, 6.45) is 1.57. The van der Waals surface area contributed by atoms with E-state index in [-0.39, 0.29) is 17.9 Å². The third kappa shape index (κ3) is 13.2. The Hall–Kier alpha value is -6.25. The van der Waals surface area contributed by atoms with Crippen LogP contribution in [0.1, 0.15) is 30.4 Å². The number of aromatic nitrogens is 4. The van der Waals surface area contributed by atoms with Crippen LogP contribution in [0.3, 0.4) is 0 Å². The smallest absolute Gasteiger partial charge is 0.475 e. The molecule has 4 aromatic rings. The summed E-state index contributed by atoms with van der Waals surface area (Å²) in [7, 11) is 0. The molecule has 0 atom stereocenters. The highest BCUT2D eigenvalue weighted by Gasteiger charge is 2.39. The van der Waals surface area contributed by atoms with Crippen molar-refractivity contribution in [2.75, 3.05) is 34.4 Å². The van der Waals surface area contributed by atoms with Crippen molar-refractivity contribution in [2.45, 2.75) is 44.5 Å². The lowest BCUT2D eigenvalue weighted by atomic mass is 9.93. The first-order valence-corrected chi connectivity index (χ1v) is 16.7. The highest BCUT2D eigenvalue weighted by atomic mass is 35.5. The second kappa shape index (κ2) is 18.9. The Morgan fingerprint density at radius 2 is 1.52 bits per heavy atom. The van der Waals surface area contributed by atoms with Crippen LogP contribution in [-0.4, -0.2) is 84.4 Å². The first kappa shape index (κ1) is 42.5. The number of aliphatic carboxylic acids is 2. The topological polar surface area (TPSA) is 212 Å². The Bertz CT molecular complexity index is 1990. The maximum Gasteiger partial charge on any atom is 0.490 e. The van der Waals surface area contributed by atoms with Crippen LogP contribution >= 0.6 is 11.6 Å². The molecule has 0 spiro atoms. The van der Waals surface area contributed by atoms with E-state index in [1.54, 1.807) is 41.8 Å². The number of carbonyl (C=O) groups is 4. The van der Waals surface area contributed by atoms with Crippen LogP contribution in [0.5, 0.6) is 0 Å². The standard InChI is InChI=1S/C30H30ClN9O2.2C2HF3O2/c31-25-18-34-29-36-24-12-20(15-33-17-24)3-4-21-14-22(35-28(25)39-29)5-6-26(21)38-27(41)13-19-7-10-40(11-8-19)30(42)37-23-2-1-9-32-16-23;2*3-2(4,5)1(6)7/h1-2,5-6,9,12,14-19H,3-4,7-8,10-11,13H2,(H,37,42)(H,38,41)(H2,34,35,36,39);2*(H,6,7). The molecule has 0 saturated carbocycles. The molecular weight excluding hydrogens is 780 g/mol. The average Bonchev–Trinajstić information content (AvgIpc) is 3.14. The van der Waals surface area contributed by atoms with E-state index in [1.165, 1.54) is 0 Å². The van der Waals surface area contributed by atoms with Crippen molar-refractivity contribution in [2.24, 2.45) is 5.92 Å². The zero-order chi connectivity index (χ0) is 41.0. The molecule has 298 valence electrons. The van der Waals surface area contributed by atoms with Gasteiger partial charge in [0.1, 0.15) is 5.02 Å². The van der Waals surface area contributed by atoms with Gasteiger partial charge in [-0.15, -0.1) is 0 Å². The number of nitrogens with zero attached hydrogens (tertiary/aromatic N) is 5. The number of fused-ring (bicyclic) bond motifs is 6. The molecule has 3 aromatic heterocycles. The number of urea groups is 1. The van der Waals surface area contributed by atoms with E-state index in [1.807, 2.05) is 30.5 Å². The summed E-state index contributed by atoms with van der Waals surface area (Å²) in [5.41, 5.74) is 5.04. The lowest BCUT2D eigenvalue weighted by Crippen LogP contribution is -2.41. The van der Waals surface area contributed by atoms with E-state index in [2.05, 4.69) is 41.2 Å². The Balaban J connectivity index is 0.000000425. The number of piperidine rings is 1. The van der Waals surface area contributed by atoms with Gasteiger partial charge < -0.3 is 36.4 Å². The molecule has 6 bridgehead atoms. The fourth-order valence-corrected chi connectivity index (χ4v) is 5.33. The number of carboxylic acids is 2. The zero-order valence-corrected chi connectivity index (χ0v) is 29.5. The van der Waals surface area contributed by atoms with Gasteiger partial charge in [0.25, 0.3) is 0 Å². The molecule has 6 N–H and O–H groups in total. The van der Waals surface area contributed by atoms with Gasteiger partial charge in [0.15, 0.2) is 5.82 Å². The number of rotatable bonds is 4. The molecule has 2 aliphatic rings. The van der Waals surface area contributed by atoms with Gasteiger partial charge in [-0.2, -0.15) is 31.3 Å². The highest BCUT2D eigenvalue weighted by molar-refractivity contribution is 6.32. The third-order valence-electron chi connectivity index (χ3n) is 7.89. The van der Waals surface area contributed by atoms with Crippen LogP contribution in [0, 0.1) is 5.92 Å². The van der Waals surface area contributed by atoms with E-state index in [0.717, 1.165) is 47.5 Å². The lowest BCUT2D eigenvalue weighted by molar-refractivity contribution is -0.193. The SMILES string of the molecule is O=C(CC1CCN(C(=O)Nc2cccnc2)CC1)Nc1ccc2cc1CCc1cncc(c1)Nc1ncc(Cl)c(n1)N2.O=C(O)C(F)(F)F.O=C(O)C(F)(F)F. The van der Waals surface area contributed by atoms with E-state index >= 15 is 0 Å². The fourth-order valence-electron chi connectivity index (χ4n) is 5.20. The molecular formula is C34H32ClF6N9O6. The number of anilines is 6. The highest BCUT2D eigenvalue weighted by Crippen LogP contribution is 2.30. The number of alkyl halides is 6. The Kier molecular flexibility index (Phi) is 14.3. The molecule has 56 heavy (non-hydrogen) atoms. The van der Waals surface area contributed by atoms with Crippen LogP contribution in [0.25, 0.3) is 0 Å². The summed E-state index contributed by atoms with van der Waals surface area (Å²) in [6, 6.07) is 11.3. The van der Waals surface area contributed by atoms with Crippen LogP contribution in [0.15, 0.2) is 67.4 Å². The van der Waals surface area contributed by atoms with Crippen molar-refractivity contribution >= 4 is 70.0 Å². The monoisotopic (exact) mass is 811 g/mol. The Labute approximate surface area is 318 Å². The van der Waals surface area contributed by atoms with Crippen molar-refractivity contribution in [3.8, 4) is 0 Å². The number of carbonyl (C=O) groups excluding carboxylic acids is 2. The Morgan fingerprint density at radius 1 is 0.839 bits per heavy atom. The molecule has 6 rings (SSSR count). The maximum atomic E-state index is 13.2. The number of halogens is 7. The number of nitrogens with one attached hydrogen (secondary N) is 4. The minimum Gasteiger partial charge on any atom is -0.475 e. The van der Waals surface area contributed by atoms with Gasteiger partial charge in [0.05, 0.1) is 30.0 Å². The van der Waals surface area contributed by atoms with Crippen LogP contribution < -0.4 is 21.3 Å². The number of amides is 3. The van der Waals surface area contributed by atoms with Crippen molar-refractivity contribution in [3.63, 3.8) is 0 Å². The molecule has 0 aliphatic carbocycles. The summed E-state index contributed by atoms with van der Waals surface area (Å²) in [5, 5.41) is 27.1. The van der Waals surface area contributed by atoms with Crippen molar-refractivity contribution in [3.05, 3.63) is 83.5 Å². The predicted octanol–water partition coefficient (Wildman–Crippen LogP) is 7.05. The lowest BCUT2D eigenvalue weighted by Gasteiger charge is -2.31. The quantitative estimate of drug-likeness (QED) is 0.115. The number of aryl methyl sites for hydroxylation is 2. The molecule has 15 nitrogen and oxygen atoms in total. The molecule has 1 fully saturated rings. The minimum absolute atomic E-state index is 0.0375. The zero-order valence-electron chi connectivity index (χ0n) is 28.8. The fraction of sp³-hybridized carbons (Fsp3) is 0.294. The first-order valence-electron chi connectivity index (χ1n) is 16.4. The van der Waals surface area contributed by atoms with Gasteiger partial charge in [-0.1, -0.05) is 11.6 Å². The molecule has 3 amide bonds. The van der Waals surface area contributed by atoms with Gasteiger partial charge in [-0.05, 0) is 79.1 Å². The van der Waals surface area contributed by atoms with E-state index < -0.39 is 24.3 Å². The van der Waals surface area contributed by atoms with Crippen molar-refractivity contribution < 1.29 is 55.7 Å². The van der Waals surface area contributed by atoms with Gasteiger partial charge in [-0.3, -0.25) is 14.8 Å². The number of benzene rings is 1. The van der Waals surface area contributed by atoms with E-state index in [0.29, 0.717) is 48.4 Å². The largest absolute Gasteiger partial charge is 0.490 e. The van der Waals surface area contributed by atoms with Gasteiger partial charge in [0, 0.05) is 43.3 Å². The molecule has 2 aliphatic heterocycles. The van der Waals surface area contributed by atoms with Gasteiger partial charge in [0.2, 0.25) is 11.9 Å². The van der Waals surface area contributed by atoms with Gasteiger partial charge in [-0.25, -0.2) is 19.4 Å². The number of hydrogen-bond acceptors (Lipinski definition) is 10. The molecule has 5 heterocycles. The van der Waals surface area contributed by atoms with Crippen molar-refractivity contribution in [1.82, 2.24) is 24.8 Å². The summed E-state index contributed by atoms with van der Waals surface area (Å²) >= 11 is 6.38. The van der Waals surface area contributed by atoms with Crippen LogP contribution in [0.2, 0.25) is 5.02 Å². The number of pyridine rings is 2. The number of carboxylic acid groups (broad SMARTS) is 2. The molecule has 0 radical (unpaired) electrons. The summed E-state index contributed by atoms with van der Waals surface area (Å²) in [5.74, 6) is -4.47. The average molecular weight is 812 g/mol. The molecule has 1 aromatic carbocycles. The second-order valence-electron chi connectivity index (χ2n) is 12.1. The number of likely N-dealkylation sites (tertiary alicyclic amines) is 1. The summed E-state index contributed by atoms with van der Waals surface area (Å²) < 4.78 is 63.5. The molecule has 22 heteroatoms. The normalized spacial score (nSPS) is 13.9. The van der Waals surface area contributed by atoms with Gasteiger partial charge >= 0.3 is 30.3 Å². The van der Waals surface area contributed by atoms with E-state index in [9.17, 15) is 35.9 Å². The summed E-state index contributed by atoms with van der Waals surface area (Å²) in [6.45, 7) is 1.20. The first-order chi connectivity index (χ1) is 26.4. The maximum absolute atomic E-state index is 13.2. The Morgan fingerprint density at radius 3 is 2.14 bits per heavy atom. The second-order valence-corrected chi connectivity index (χ2v) is 12.5. The van der Waals surface area contributed by atoms with Crippen LogP contribution in [-0.2, 0) is 27.2 Å². The summed E-state index contributed by atoms with van der Waals surface area (Å²) in [4.78, 5) is 62.5. The third-order valence-corrected chi connectivity index (χ3v) is 8.17. The van der Waals surface area contributed by atoms with Crippen LogP contribution in [0.4, 0.5) is 65.7 Å².